The van der Waals surface area contributed by atoms with E-state index in [0.29, 0.717) is 9.13 Å². The average Bonchev–Trinajstić information content (AvgIpc) is 3.38. The van der Waals surface area contributed by atoms with E-state index in [0.717, 1.165) is 47.5 Å². The molecule has 0 aliphatic carbocycles. The third-order valence-electron chi connectivity index (χ3n) is 10.4. The number of rotatable bonds is 26. The van der Waals surface area contributed by atoms with Crippen molar-refractivity contribution >= 4 is 60.2 Å². The van der Waals surface area contributed by atoms with Gasteiger partial charge in [-0.05, 0) is 47.4 Å². The quantitative estimate of drug-likeness (QED) is 0.0641. The number of nitrogens with zero attached hydrogens (tertiary/aromatic N) is 4. The Kier molecular flexibility index (Phi) is 19.0. The van der Waals surface area contributed by atoms with E-state index in [9.17, 15) is 34.3 Å². The number of para-hydroxylation sites is 1. The highest BCUT2D eigenvalue weighted by atomic mass is 16.5. The monoisotopic (exact) mass is 792 g/mol. The molecule has 58 heavy (non-hydrogen) atoms. The second-order valence-corrected chi connectivity index (χ2v) is 14.5. The molecule has 0 fully saturated rings. The van der Waals surface area contributed by atoms with Crippen LogP contribution in [0.3, 0.4) is 0 Å². The second kappa shape index (κ2) is 24.6. The number of ether oxygens (including phenoxy) is 2. The molecule has 0 unspecified atom stereocenters. The van der Waals surface area contributed by atoms with Crippen molar-refractivity contribution in [2.75, 3.05) is 11.4 Å². The van der Waals surface area contributed by atoms with Crippen molar-refractivity contribution in [3.8, 4) is 6.07 Å². The minimum atomic E-state index is -1.75. The lowest BCUT2D eigenvalue weighted by Gasteiger charge is -2.27. The summed E-state index contributed by atoms with van der Waals surface area (Å²) >= 11 is 0. The first kappa shape index (κ1) is 44.8. The lowest BCUT2D eigenvalue weighted by molar-refractivity contribution is -0.132. The van der Waals surface area contributed by atoms with Crippen LogP contribution in [0.2, 0.25) is 0 Å². The predicted molar refractivity (Wildman–Crippen MR) is 227 cm³/mol. The molecule has 4 rings (SSSR count). The van der Waals surface area contributed by atoms with Crippen LogP contribution in [0.5, 0.6) is 0 Å². The van der Waals surface area contributed by atoms with Gasteiger partial charge in [0.1, 0.15) is 16.8 Å². The molecule has 1 aromatic heterocycles. The molecule has 12 heteroatoms. The summed E-state index contributed by atoms with van der Waals surface area (Å²) in [6, 6.07) is 15.8. The third-order valence-corrected chi connectivity index (χ3v) is 10.4. The zero-order valence-electron chi connectivity index (χ0n) is 33.6. The summed E-state index contributed by atoms with van der Waals surface area (Å²) in [7, 11) is 0. The fraction of sp³-hybridized carbons (Fsp3) is 0.435. The molecule has 1 N–H and O–H groups in total. The van der Waals surface area contributed by atoms with E-state index in [1.54, 1.807) is 6.08 Å². The van der Waals surface area contributed by atoms with E-state index in [1.165, 1.54) is 108 Å². The highest BCUT2D eigenvalue weighted by Gasteiger charge is 2.20. The molecule has 2 heterocycles. The molecule has 1 aliphatic rings. The van der Waals surface area contributed by atoms with Crippen LogP contribution in [0.25, 0.3) is 29.9 Å². The van der Waals surface area contributed by atoms with Gasteiger partial charge in [-0.15, -0.1) is 0 Å². The highest BCUT2D eigenvalue weighted by molar-refractivity contribution is 6.13. The Morgan fingerprint density at radius 2 is 1.24 bits per heavy atom. The Morgan fingerprint density at radius 1 is 0.724 bits per heavy atom. The van der Waals surface area contributed by atoms with Gasteiger partial charge in [0.15, 0.2) is 19.0 Å². The van der Waals surface area contributed by atoms with Crippen LogP contribution in [-0.2, 0) is 37.3 Å². The van der Waals surface area contributed by atoms with Gasteiger partial charge in [-0.3, -0.25) is 28.3 Å². The predicted octanol–water partition coefficient (Wildman–Crippen LogP) is 7.41. The van der Waals surface area contributed by atoms with Gasteiger partial charge < -0.3 is 19.5 Å². The number of benzene rings is 2. The van der Waals surface area contributed by atoms with Crippen LogP contribution in [0.15, 0.2) is 58.1 Å². The molecule has 12 nitrogen and oxygen atoms in total. The average molecular weight is 793 g/mol. The van der Waals surface area contributed by atoms with Crippen LogP contribution in [0, 0.1) is 11.3 Å². The van der Waals surface area contributed by atoms with Gasteiger partial charge >= 0.3 is 5.97 Å². The molecule has 0 amide bonds. The van der Waals surface area contributed by atoms with Crippen LogP contribution in [0.4, 0.5) is 11.4 Å². The van der Waals surface area contributed by atoms with E-state index in [4.69, 9.17) is 9.47 Å². The summed E-state index contributed by atoms with van der Waals surface area (Å²) in [5.74, 6) is -1.75. The van der Waals surface area contributed by atoms with Gasteiger partial charge in [-0.25, -0.2) is 4.79 Å². The normalized spacial score (nSPS) is 11.7. The molecule has 0 atom stereocenters. The van der Waals surface area contributed by atoms with Crippen LogP contribution < -0.4 is 26.7 Å². The summed E-state index contributed by atoms with van der Waals surface area (Å²) in [6.45, 7) is 1.57. The Bertz CT molecular complexity index is 2140. The zero-order valence-corrected chi connectivity index (χ0v) is 33.6. The van der Waals surface area contributed by atoms with Crippen molar-refractivity contribution in [1.29, 1.82) is 5.26 Å². The fourth-order valence-corrected chi connectivity index (χ4v) is 7.33. The maximum absolute atomic E-state index is 13.5. The molecular formula is C46H56N4O8. The van der Waals surface area contributed by atoms with Crippen molar-refractivity contribution in [3.05, 3.63) is 96.6 Å². The van der Waals surface area contributed by atoms with E-state index in [1.807, 2.05) is 18.2 Å². The van der Waals surface area contributed by atoms with E-state index >= 15 is 0 Å². The second-order valence-electron chi connectivity index (χ2n) is 14.5. The SMILES string of the molecule is CCCCCCCCCCCCCCCCCCN1c2ccccc2C=Cc2cc(/C=C/C=c3c(=O)n(COC=O)c(=C(C#N)C(=O)O)n(COC=O)c3=O)ccc21. The number of allylic oxidation sites excluding steroid dienone is 1. The number of anilines is 2. The number of carboxylic acids is 1. The van der Waals surface area contributed by atoms with Crippen molar-refractivity contribution in [2.24, 2.45) is 0 Å². The third kappa shape index (κ3) is 12.8. The maximum Gasteiger partial charge on any atom is 0.350 e. The number of aromatic nitrogens is 2. The van der Waals surface area contributed by atoms with E-state index in [2.05, 4.69) is 48.2 Å². The number of nitriles is 1. The van der Waals surface area contributed by atoms with E-state index in [-0.39, 0.29) is 12.9 Å². The summed E-state index contributed by atoms with van der Waals surface area (Å²) in [6.07, 6.45) is 29.7. The Morgan fingerprint density at radius 3 is 1.78 bits per heavy atom. The highest BCUT2D eigenvalue weighted by Crippen LogP contribution is 2.37. The number of hydrogen-bond donors (Lipinski definition) is 1. The zero-order chi connectivity index (χ0) is 41.5. The first-order valence-electron chi connectivity index (χ1n) is 20.5. The van der Waals surface area contributed by atoms with Gasteiger partial charge in [0, 0.05) is 17.9 Å². The molecule has 0 bridgehead atoms. The molecule has 3 aromatic rings. The fourth-order valence-electron chi connectivity index (χ4n) is 7.33. The Labute approximate surface area is 340 Å². The summed E-state index contributed by atoms with van der Waals surface area (Å²) in [5, 5.41) is 18.7. The Balaban J connectivity index is 1.46. The first-order valence-corrected chi connectivity index (χ1v) is 20.5. The number of unbranched alkanes of at least 4 members (excludes halogenated alkanes) is 15. The molecule has 308 valence electrons. The number of carboxylic acid groups (broad SMARTS) is 1. The molecule has 0 radical (unpaired) electrons. The van der Waals surface area contributed by atoms with Gasteiger partial charge in [0.2, 0.25) is 0 Å². The van der Waals surface area contributed by atoms with Crippen molar-refractivity contribution in [2.45, 2.75) is 123 Å². The van der Waals surface area contributed by atoms with Crippen molar-refractivity contribution in [1.82, 2.24) is 9.13 Å². The maximum atomic E-state index is 13.5. The minimum absolute atomic E-state index is 0.0250. The molecule has 0 saturated carbocycles. The van der Waals surface area contributed by atoms with E-state index < -0.39 is 46.8 Å². The lowest BCUT2D eigenvalue weighted by atomic mass is 10.0. The van der Waals surface area contributed by atoms with Crippen LogP contribution >= 0.6 is 0 Å². The number of hydrogen-bond acceptors (Lipinski definition) is 9. The summed E-state index contributed by atoms with van der Waals surface area (Å²) in [4.78, 5) is 63.2. The minimum Gasteiger partial charge on any atom is -0.477 e. The molecular weight excluding hydrogens is 737 g/mol. The lowest BCUT2D eigenvalue weighted by Crippen LogP contribution is -2.59. The van der Waals surface area contributed by atoms with Gasteiger partial charge in [-0.1, -0.05) is 152 Å². The molecule has 2 aromatic carbocycles. The van der Waals surface area contributed by atoms with Gasteiger partial charge in [-0.2, -0.15) is 5.26 Å². The Hall–Kier alpha value is -5.96. The molecule has 0 spiro atoms. The van der Waals surface area contributed by atoms with Gasteiger partial charge in [0.25, 0.3) is 24.1 Å². The summed E-state index contributed by atoms with van der Waals surface area (Å²) in [5.41, 5.74) is 1.38. The number of carbonyl (C=O) groups excluding carboxylic acids is 2. The largest absolute Gasteiger partial charge is 0.477 e. The van der Waals surface area contributed by atoms with Crippen LogP contribution in [0.1, 0.15) is 126 Å². The first-order chi connectivity index (χ1) is 28.4. The van der Waals surface area contributed by atoms with Gasteiger partial charge in [0.05, 0.1) is 0 Å². The number of fused-ring (bicyclic) bond motifs is 2. The number of carbonyl (C=O) groups is 3. The van der Waals surface area contributed by atoms with Crippen LogP contribution in [-0.4, -0.2) is 39.7 Å². The van der Waals surface area contributed by atoms with Crippen molar-refractivity contribution < 1.29 is 29.0 Å². The molecule has 0 saturated heterocycles. The topological polar surface area (TPSA) is 161 Å². The van der Waals surface area contributed by atoms with Crippen molar-refractivity contribution in [3.63, 3.8) is 0 Å². The smallest absolute Gasteiger partial charge is 0.350 e. The standard InChI is InChI=1S/C46H56N4O8/c1-2-3-4-5-6-7-8-9-10-11-12-13-14-15-16-19-29-48-41-24-18-17-22-37(41)26-27-38-30-36(25-28-42(38)48)21-20-23-39-44(53)49(32-57-34-51)43(40(31-47)46(55)56)50(45(39)54)33-58-35-52/h17-18,20-28,30,34-35H,2-16,19,29,32-33H2,1H3,(H,55,56)/b21-20+,39-23?,43-40?. The number of aliphatic carboxylic acids is 1. The summed E-state index contributed by atoms with van der Waals surface area (Å²) < 4.78 is 10.7. The molecule has 1 aliphatic heterocycles.